The van der Waals surface area contributed by atoms with Gasteiger partial charge in [-0.3, -0.25) is 4.90 Å². The van der Waals surface area contributed by atoms with Gasteiger partial charge in [0.25, 0.3) is 0 Å². The van der Waals surface area contributed by atoms with Crippen molar-refractivity contribution in [1.82, 2.24) is 9.80 Å². The van der Waals surface area contributed by atoms with E-state index in [-0.39, 0.29) is 6.04 Å². The van der Waals surface area contributed by atoms with E-state index < -0.39 is 0 Å². The Morgan fingerprint density at radius 3 is 2.87 bits per heavy atom. The molecule has 1 atom stereocenters. The van der Waals surface area contributed by atoms with Gasteiger partial charge >= 0.3 is 0 Å². The molecule has 0 spiro atoms. The molecule has 1 aliphatic heterocycles. The topological polar surface area (TPSA) is 65.1 Å². The van der Waals surface area contributed by atoms with Gasteiger partial charge in [-0.15, -0.1) is 0 Å². The van der Waals surface area contributed by atoms with Gasteiger partial charge in [0.1, 0.15) is 0 Å². The number of nitrogens with zero attached hydrogens (tertiary/aromatic N) is 3. The smallest absolute Gasteiger partial charge is 0.156 e. The first-order chi connectivity index (χ1) is 7.15. The van der Waals surface area contributed by atoms with Crippen molar-refractivity contribution in [2.24, 2.45) is 10.9 Å². The molecule has 5 heteroatoms. The molecule has 1 saturated heterocycles. The van der Waals surface area contributed by atoms with Crippen molar-refractivity contribution in [3.05, 3.63) is 0 Å². The Morgan fingerprint density at radius 1 is 1.53 bits per heavy atom. The summed E-state index contributed by atoms with van der Waals surface area (Å²) in [6.45, 7) is 3.04. The summed E-state index contributed by atoms with van der Waals surface area (Å²) in [5.74, 6) is 0.355. The maximum absolute atomic E-state index is 8.71. The Labute approximate surface area is 91.5 Å². The van der Waals surface area contributed by atoms with Crippen molar-refractivity contribution in [2.75, 3.05) is 33.7 Å². The minimum Gasteiger partial charge on any atom is -0.409 e. The molecule has 1 heterocycles. The van der Waals surface area contributed by atoms with Gasteiger partial charge in [0, 0.05) is 13.1 Å². The Morgan fingerprint density at radius 2 is 2.27 bits per heavy atom. The van der Waals surface area contributed by atoms with Crippen LogP contribution in [-0.4, -0.2) is 60.6 Å². The molecular weight excluding hydrogens is 192 g/mol. The predicted molar refractivity (Wildman–Crippen MR) is 61.2 cm³/mol. The van der Waals surface area contributed by atoms with Crippen LogP contribution in [0.2, 0.25) is 0 Å². The van der Waals surface area contributed by atoms with E-state index in [0.29, 0.717) is 5.84 Å². The third kappa shape index (κ3) is 3.68. The summed E-state index contributed by atoms with van der Waals surface area (Å²) in [4.78, 5) is 4.45. The first-order valence-electron chi connectivity index (χ1n) is 5.51. The normalized spacial score (nSPS) is 24.7. The molecule has 5 nitrogen and oxygen atoms in total. The van der Waals surface area contributed by atoms with Crippen LogP contribution in [0.25, 0.3) is 0 Å². The highest BCUT2D eigenvalue weighted by Gasteiger charge is 2.25. The predicted octanol–water partition coefficient (Wildman–Crippen LogP) is 0.149. The second-order valence-electron chi connectivity index (χ2n) is 4.38. The van der Waals surface area contributed by atoms with Crippen molar-refractivity contribution in [3.8, 4) is 0 Å². The lowest BCUT2D eigenvalue weighted by Crippen LogP contribution is -2.49. The number of rotatable bonds is 4. The molecule has 15 heavy (non-hydrogen) atoms. The van der Waals surface area contributed by atoms with E-state index in [0.717, 1.165) is 26.1 Å². The first kappa shape index (κ1) is 12.3. The van der Waals surface area contributed by atoms with Gasteiger partial charge in [-0.05, 0) is 33.5 Å². The number of amidine groups is 1. The van der Waals surface area contributed by atoms with Crippen LogP contribution in [0.1, 0.15) is 19.3 Å². The van der Waals surface area contributed by atoms with Gasteiger partial charge in [-0.2, -0.15) is 0 Å². The Kier molecular flexibility index (Phi) is 4.84. The Bertz CT molecular complexity index is 217. The third-order valence-electron chi connectivity index (χ3n) is 2.90. The molecule has 0 saturated carbocycles. The average Bonchev–Trinajstić information content (AvgIpc) is 2.25. The van der Waals surface area contributed by atoms with E-state index in [2.05, 4.69) is 29.1 Å². The van der Waals surface area contributed by atoms with Gasteiger partial charge < -0.3 is 15.8 Å². The molecule has 0 bridgehead atoms. The maximum atomic E-state index is 8.71. The Balaban J connectivity index is 2.50. The summed E-state index contributed by atoms with van der Waals surface area (Å²) in [7, 11) is 4.12. The molecule has 1 rings (SSSR count). The summed E-state index contributed by atoms with van der Waals surface area (Å²) in [6.07, 6.45) is 3.38. The van der Waals surface area contributed by atoms with Crippen molar-refractivity contribution < 1.29 is 5.21 Å². The van der Waals surface area contributed by atoms with E-state index >= 15 is 0 Å². The van der Waals surface area contributed by atoms with Crippen LogP contribution in [0.15, 0.2) is 5.16 Å². The molecule has 1 unspecified atom stereocenters. The van der Waals surface area contributed by atoms with Crippen LogP contribution in [0, 0.1) is 0 Å². The average molecular weight is 214 g/mol. The number of nitrogens with two attached hydrogens (primary N) is 1. The molecule has 0 amide bonds. The zero-order valence-corrected chi connectivity index (χ0v) is 9.69. The van der Waals surface area contributed by atoms with Gasteiger partial charge in [-0.1, -0.05) is 11.6 Å². The summed E-state index contributed by atoms with van der Waals surface area (Å²) >= 11 is 0. The van der Waals surface area contributed by atoms with Crippen LogP contribution in [0.3, 0.4) is 0 Å². The van der Waals surface area contributed by atoms with Crippen LogP contribution < -0.4 is 5.73 Å². The molecule has 1 aliphatic rings. The number of piperidine rings is 1. The van der Waals surface area contributed by atoms with E-state index in [9.17, 15) is 0 Å². The SMILES string of the molecule is CN(C)CCN1CCCCC1C(N)=NO. The molecule has 0 aromatic carbocycles. The van der Waals surface area contributed by atoms with Crippen LogP contribution in [-0.2, 0) is 0 Å². The van der Waals surface area contributed by atoms with Crippen molar-refractivity contribution in [3.63, 3.8) is 0 Å². The van der Waals surface area contributed by atoms with Gasteiger partial charge in [0.15, 0.2) is 5.84 Å². The molecular formula is C10H22N4O. The zero-order chi connectivity index (χ0) is 11.3. The van der Waals surface area contributed by atoms with Gasteiger partial charge in [0.05, 0.1) is 6.04 Å². The first-order valence-corrected chi connectivity index (χ1v) is 5.51. The van der Waals surface area contributed by atoms with Crippen LogP contribution >= 0.6 is 0 Å². The lowest BCUT2D eigenvalue weighted by Gasteiger charge is -2.35. The molecule has 0 aliphatic carbocycles. The summed E-state index contributed by atoms with van der Waals surface area (Å²) in [6, 6.07) is 0.128. The fourth-order valence-electron chi connectivity index (χ4n) is 1.99. The molecule has 0 aromatic heterocycles. The van der Waals surface area contributed by atoms with Crippen molar-refractivity contribution in [2.45, 2.75) is 25.3 Å². The van der Waals surface area contributed by atoms with Gasteiger partial charge in [0.2, 0.25) is 0 Å². The minimum atomic E-state index is 0.128. The van der Waals surface area contributed by atoms with Crippen LogP contribution in [0.5, 0.6) is 0 Å². The standard InChI is InChI=1S/C10H22N4O/c1-13(2)7-8-14-6-4-3-5-9(14)10(11)12-15/h9,15H,3-8H2,1-2H3,(H2,11,12). The summed E-state index contributed by atoms with van der Waals surface area (Å²) < 4.78 is 0. The summed E-state index contributed by atoms with van der Waals surface area (Å²) in [5.41, 5.74) is 5.69. The molecule has 0 radical (unpaired) electrons. The number of likely N-dealkylation sites (N-methyl/N-ethyl adjacent to an activating group) is 1. The van der Waals surface area contributed by atoms with E-state index in [1.54, 1.807) is 0 Å². The highest BCUT2D eigenvalue weighted by molar-refractivity contribution is 5.85. The quantitative estimate of drug-likeness (QED) is 0.302. The number of hydrogen-bond donors (Lipinski definition) is 2. The van der Waals surface area contributed by atoms with Crippen molar-refractivity contribution >= 4 is 5.84 Å². The van der Waals surface area contributed by atoms with E-state index in [1.165, 1.54) is 12.8 Å². The molecule has 3 N–H and O–H groups in total. The number of oxime groups is 1. The molecule has 0 aromatic rings. The zero-order valence-electron chi connectivity index (χ0n) is 9.69. The second-order valence-corrected chi connectivity index (χ2v) is 4.38. The maximum Gasteiger partial charge on any atom is 0.156 e. The molecule has 1 fully saturated rings. The minimum absolute atomic E-state index is 0.128. The monoisotopic (exact) mass is 214 g/mol. The fourth-order valence-corrected chi connectivity index (χ4v) is 1.99. The number of hydrogen-bond acceptors (Lipinski definition) is 4. The molecule has 88 valence electrons. The second kappa shape index (κ2) is 5.92. The lowest BCUT2D eigenvalue weighted by molar-refractivity contribution is 0.171. The summed E-state index contributed by atoms with van der Waals surface area (Å²) in [5, 5.41) is 11.8. The van der Waals surface area contributed by atoms with Crippen molar-refractivity contribution in [1.29, 1.82) is 0 Å². The fraction of sp³-hybridized carbons (Fsp3) is 0.900. The van der Waals surface area contributed by atoms with Gasteiger partial charge in [-0.25, -0.2) is 0 Å². The highest BCUT2D eigenvalue weighted by atomic mass is 16.4. The third-order valence-corrected chi connectivity index (χ3v) is 2.90. The highest BCUT2D eigenvalue weighted by Crippen LogP contribution is 2.16. The van der Waals surface area contributed by atoms with Crippen LogP contribution in [0.4, 0.5) is 0 Å². The van der Waals surface area contributed by atoms with E-state index in [4.69, 9.17) is 10.9 Å². The largest absolute Gasteiger partial charge is 0.409 e. The van der Waals surface area contributed by atoms with E-state index in [1.807, 2.05) is 0 Å². The Hall–Kier alpha value is -0.810. The lowest BCUT2D eigenvalue weighted by atomic mass is 10.0. The number of likely N-dealkylation sites (tertiary alicyclic amines) is 1.